The van der Waals surface area contributed by atoms with Crippen LogP contribution in [0, 0.1) is 5.82 Å². The minimum atomic E-state index is -4.04. The van der Waals surface area contributed by atoms with Gasteiger partial charge in [-0.05, 0) is 18.2 Å². The lowest BCUT2D eigenvalue weighted by molar-refractivity contribution is 0.598. The van der Waals surface area contributed by atoms with Crippen LogP contribution in [0.5, 0.6) is 0 Å². The number of para-hydroxylation sites is 1. The molecule has 2 aromatic heterocycles. The molecule has 0 radical (unpaired) electrons. The van der Waals surface area contributed by atoms with Crippen molar-refractivity contribution in [1.82, 2.24) is 14.2 Å². The molecule has 0 fully saturated rings. The molecule has 2 heterocycles. The number of aromatic nitrogens is 3. The van der Waals surface area contributed by atoms with Gasteiger partial charge in [-0.2, -0.15) is 5.10 Å². The number of anilines is 1. The molecule has 0 bridgehead atoms. The Morgan fingerprint density at radius 1 is 1.29 bits per heavy atom. The first-order valence-corrected chi connectivity index (χ1v) is 8.67. The van der Waals surface area contributed by atoms with E-state index in [1.165, 1.54) is 41.9 Å². The Morgan fingerprint density at radius 2 is 2.00 bits per heavy atom. The number of rotatable bonds is 4. The van der Waals surface area contributed by atoms with Crippen LogP contribution in [-0.4, -0.2) is 22.6 Å². The van der Waals surface area contributed by atoms with Crippen LogP contribution in [0.4, 0.5) is 10.1 Å². The highest BCUT2D eigenvalue weighted by molar-refractivity contribution is 7.92. The van der Waals surface area contributed by atoms with Gasteiger partial charge in [-0.3, -0.25) is 13.9 Å². The molecule has 9 heteroatoms. The summed E-state index contributed by atoms with van der Waals surface area (Å²) in [4.78, 5) is 12.0. The maximum Gasteiger partial charge on any atom is 0.290 e. The third-order valence-corrected chi connectivity index (χ3v) is 4.93. The van der Waals surface area contributed by atoms with E-state index in [0.717, 1.165) is 10.7 Å². The highest BCUT2D eigenvalue weighted by Gasteiger charge is 2.20. The van der Waals surface area contributed by atoms with Gasteiger partial charge in [0, 0.05) is 19.7 Å². The summed E-state index contributed by atoms with van der Waals surface area (Å²) in [6.45, 7) is 1.85. The molecule has 0 atom stereocenters. The van der Waals surface area contributed by atoms with Gasteiger partial charge in [0.15, 0.2) is 0 Å². The van der Waals surface area contributed by atoms with Gasteiger partial charge in [0.2, 0.25) is 0 Å². The minimum Gasteiger partial charge on any atom is -0.297 e. The quantitative estimate of drug-likeness (QED) is 0.773. The minimum absolute atomic E-state index is 0.134. The number of fused-ring (bicyclic) bond motifs is 1. The summed E-state index contributed by atoms with van der Waals surface area (Å²) in [7, 11) is -2.54. The van der Waals surface area contributed by atoms with Gasteiger partial charge < -0.3 is 0 Å². The Labute approximate surface area is 137 Å². The second-order valence-electron chi connectivity index (χ2n) is 5.21. The van der Waals surface area contributed by atoms with E-state index in [1.54, 1.807) is 0 Å². The molecule has 0 unspecified atom stereocenters. The molecule has 3 rings (SSSR count). The summed E-state index contributed by atoms with van der Waals surface area (Å²) in [6.07, 6.45) is 1.82. The Kier molecular flexibility index (Phi) is 3.88. The molecule has 0 saturated heterocycles. The largest absolute Gasteiger partial charge is 0.297 e. The lowest BCUT2D eigenvalue weighted by Crippen LogP contribution is -2.23. The first kappa shape index (κ1) is 16.2. The number of halogens is 1. The van der Waals surface area contributed by atoms with Crippen molar-refractivity contribution >= 4 is 21.2 Å². The molecule has 0 saturated carbocycles. The summed E-state index contributed by atoms with van der Waals surface area (Å²) in [5.41, 5.74) is -0.382. The fourth-order valence-corrected chi connectivity index (χ4v) is 3.47. The fourth-order valence-electron chi connectivity index (χ4n) is 2.38. The maximum atomic E-state index is 13.7. The van der Waals surface area contributed by atoms with Crippen molar-refractivity contribution in [1.29, 1.82) is 0 Å². The number of hydrogen-bond acceptors (Lipinski definition) is 4. The van der Waals surface area contributed by atoms with Crippen LogP contribution in [-0.2, 0) is 23.5 Å². The van der Waals surface area contributed by atoms with E-state index in [4.69, 9.17) is 0 Å². The molecule has 126 valence electrons. The van der Waals surface area contributed by atoms with Gasteiger partial charge in [0.05, 0.1) is 5.69 Å². The number of aryl methyl sites for hydroxylation is 2. The van der Waals surface area contributed by atoms with E-state index in [2.05, 4.69) is 9.82 Å². The van der Waals surface area contributed by atoms with Gasteiger partial charge in [-0.1, -0.05) is 19.1 Å². The Bertz CT molecular complexity index is 1090. The summed E-state index contributed by atoms with van der Waals surface area (Å²) in [6, 6.07) is 6.71. The summed E-state index contributed by atoms with van der Waals surface area (Å²) in [5.74, 6) is -0.142. The van der Waals surface area contributed by atoms with Crippen molar-refractivity contribution in [2.75, 3.05) is 4.72 Å². The van der Waals surface area contributed by atoms with E-state index < -0.39 is 21.4 Å². The highest BCUT2D eigenvalue weighted by atomic mass is 32.2. The smallest absolute Gasteiger partial charge is 0.290 e. The Balaban J connectivity index is 2.14. The molecular formula is C15H15FN4O3S. The van der Waals surface area contributed by atoms with E-state index in [1.807, 2.05) is 6.92 Å². The van der Waals surface area contributed by atoms with Crippen LogP contribution in [0.3, 0.4) is 0 Å². The lowest BCUT2D eigenvalue weighted by atomic mass is 10.3. The summed E-state index contributed by atoms with van der Waals surface area (Å²) < 4.78 is 43.5. The third kappa shape index (κ3) is 2.67. The van der Waals surface area contributed by atoms with E-state index in [9.17, 15) is 17.6 Å². The van der Waals surface area contributed by atoms with Crippen molar-refractivity contribution in [2.45, 2.75) is 18.2 Å². The third-order valence-electron chi connectivity index (χ3n) is 3.60. The van der Waals surface area contributed by atoms with E-state index >= 15 is 0 Å². The normalized spacial score (nSPS) is 11.8. The molecule has 7 nitrogen and oxygen atoms in total. The predicted molar refractivity (Wildman–Crippen MR) is 87.0 cm³/mol. The van der Waals surface area contributed by atoms with Crippen molar-refractivity contribution in [3.05, 3.63) is 58.5 Å². The van der Waals surface area contributed by atoms with Crippen LogP contribution in [0.15, 0.2) is 46.2 Å². The van der Waals surface area contributed by atoms with E-state index in [0.29, 0.717) is 12.2 Å². The van der Waals surface area contributed by atoms with Crippen LogP contribution in [0.2, 0.25) is 0 Å². The Hall–Kier alpha value is -2.68. The van der Waals surface area contributed by atoms with E-state index in [-0.39, 0.29) is 16.1 Å². The van der Waals surface area contributed by atoms with Crippen molar-refractivity contribution in [3.8, 4) is 0 Å². The first-order chi connectivity index (χ1) is 11.3. The van der Waals surface area contributed by atoms with Crippen LogP contribution in [0.1, 0.15) is 12.7 Å². The maximum absolute atomic E-state index is 13.7. The highest BCUT2D eigenvalue weighted by Crippen LogP contribution is 2.20. The average Bonchev–Trinajstić information content (AvgIpc) is 2.99. The predicted octanol–water partition coefficient (Wildman–Crippen LogP) is 1.54. The van der Waals surface area contributed by atoms with Crippen LogP contribution in [0.25, 0.3) is 5.52 Å². The zero-order valence-electron chi connectivity index (χ0n) is 13.0. The lowest BCUT2D eigenvalue weighted by Gasteiger charge is -2.07. The van der Waals surface area contributed by atoms with Crippen molar-refractivity contribution in [2.24, 2.45) is 7.05 Å². The number of sulfonamides is 1. The van der Waals surface area contributed by atoms with Gasteiger partial charge in [-0.25, -0.2) is 17.5 Å². The Morgan fingerprint density at radius 3 is 2.67 bits per heavy atom. The molecule has 1 aromatic carbocycles. The fraction of sp³-hybridized carbons (Fsp3) is 0.200. The van der Waals surface area contributed by atoms with Gasteiger partial charge in [-0.15, -0.1) is 0 Å². The second kappa shape index (κ2) is 5.75. The van der Waals surface area contributed by atoms with Gasteiger partial charge in [0.25, 0.3) is 15.6 Å². The zero-order valence-corrected chi connectivity index (χ0v) is 13.8. The molecule has 1 N–H and O–H groups in total. The number of nitrogens with one attached hydrogen (secondary N) is 1. The molecule has 3 aromatic rings. The average molecular weight is 350 g/mol. The molecule has 0 aliphatic carbocycles. The molecular weight excluding hydrogens is 335 g/mol. The molecule has 24 heavy (non-hydrogen) atoms. The zero-order chi connectivity index (χ0) is 17.5. The molecule has 0 aliphatic heterocycles. The number of hydrogen-bond donors (Lipinski definition) is 1. The summed E-state index contributed by atoms with van der Waals surface area (Å²) >= 11 is 0. The number of nitrogens with zero attached hydrogens (tertiary/aromatic N) is 3. The SMILES string of the molecule is CCc1nn(C)c(=O)c2cc(S(=O)(=O)Nc3ccccc3F)cn12. The van der Waals surface area contributed by atoms with Crippen molar-refractivity contribution in [3.63, 3.8) is 0 Å². The van der Waals surface area contributed by atoms with Gasteiger partial charge >= 0.3 is 0 Å². The van der Waals surface area contributed by atoms with Crippen molar-refractivity contribution < 1.29 is 12.8 Å². The van der Waals surface area contributed by atoms with Crippen LogP contribution < -0.4 is 10.3 Å². The number of benzene rings is 1. The monoisotopic (exact) mass is 350 g/mol. The summed E-state index contributed by atoms with van der Waals surface area (Å²) in [5, 5.41) is 4.10. The standard InChI is InChI=1S/C15H15FN4O3S/c1-3-14-17-19(2)15(21)13-8-10(9-20(13)14)24(22,23)18-12-7-5-4-6-11(12)16/h4-9,18H,3H2,1-2H3. The molecule has 0 spiro atoms. The topological polar surface area (TPSA) is 85.5 Å². The van der Waals surface area contributed by atoms with Gasteiger partial charge in [0.1, 0.15) is 22.1 Å². The first-order valence-electron chi connectivity index (χ1n) is 7.19. The van der Waals surface area contributed by atoms with Crippen LogP contribution >= 0.6 is 0 Å². The second-order valence-corrected chi connectivity index (χ2v) is 6.90. The molecule has 0 aliphatic rings. The molecule has 0 amide bonds.